The van der Waals surface area contributed by atoms with Crippen molar-refractivity contribution in [3.8, 4) is 5.75 Å². The van der Waals surface area contributed by atoms with E-state index in [1.807, 2.05) is 13.0 Å². The summed E-state index contributed by atoms with van der Waals surface area (Å²) in [6.07, 6.45) is 1.56. The molecule has 0 spiro atoms. The molecule has 0 bridgehead atoms. The Hall–Kier alpha value is -2.10. The van der Waals surface area contributed by atoms with Crippen LogP contribution >= 0.6 is 0 Å². The van der Waals surface area contributed by atoms with Crippen LogP contribution in [-0.4, -0.2) is 16.0 Å². The topological polar surface area (TPSA) is 76.2 Å². The van der Waals surface area contributed by atoms with Crippen molar-refractivity contribution in [3.05, 3.63) is 35.5 Å². The molecule has 0 fully saturated rings. The molecule has 4 heteroatoms. The fourth-order valence-electron chi connectivity index (χ4n) is 1.59. The summed E-state index contributed by atoms with van der Waals surface area (Å²) in [5, 5.41) is 10.6. The third-order valence-electron chi connectivity index (χ3n) is 2.34. The number of nitrogens with two attached hydrogens (primary N) is 1. The molecular formula is C11H10N2O2. The standard InChI is InChI=1S/C11H10N2O2/c1-6-5-8(11(12)15)10(14)9-7(6)3-2-4-13-9/h2-5,14H,1H3,(H2,12,15). The van der Waals surface area contributed by atoms with Gasteiger partial charge in [-0.15, -0.1) is 0 Å². The molecule has 0 aliphatic rings. The lowest BCUT2D eigenvalue weighted by molar-refractivity contribution is 0.0998. The summed E-state index contributed by atoms with van der Waals surface area (Å²) >= 11 is 0. The van der Waals surface area contributed by atoms with Crippen LogP contribution in [0.3, 0.4) is 0 Å². The predicted molar refractivity (Wildman–Crippen MR) is 56.7 cm³/mol. The molecule has 0 atom stereocenters. The van der Waals surface area contributed by atoms with Gasteiger partial charge in [0, 0.05) is 11.6 Å². The zero-order chi connectivity index (χ0) is 11.0. The lowest BCUT2D eigenvalue weighted by Gasteiger charge is -2.06. The van der Waals surface area contributed by atoms with Crippen molar-refractivity contribution < 1.29 is 9.90 Å². The molecule has 2 aromatic rings. The molecule has 0 unspecified atom stereocenters. The SMILES string of the molecule is Cc1cc(C(N)=O)c(O)c2ncccc12. The predicted octanol–water partition coefficient (Wildman–Crippen LogP) is 1.35. The third kappa shape index (κ3) is 1.40. The molecule has 15 heavy (non-hydrogen) atoms. The summed E-state index contributed by atoms with van der Waals surface area (Å²) in [6.45, 7) is 1.84. The van der Waals surface area contributed by atoms with Gasteiger partial charge < -0.3 is 10.8 Å². The first-order valence-corrected chi connectivity index (χ1v) is 4.48. The van der Waals surface area contributed by atoms with Crippen LogP contribution in [0.15, 0.2) is 24.4 Å². The average Bonchev–Trinajstić information content (AvgIpc) is 2.23. The van der Waals surface area contributed by atoms with Crippen LogP contribution in [0.2, 0.25) is 0 Å². The Labute approximate surface area is 86.4 Å². The number of aromatic nitrogens is 1. The highest BCUT2D eigenvalue weighted by Gasteiger charge is 2.13. The summed E-state index contributed by atoms with van der Waals surface area (Å²) in [5.41, 5.74) is 6.53. The summed E-state index contributed by atoms with van der Waals surface area (Å²) in [5.74, 6) is -0.799. The number of nitrogens with zero attached hydrogens (tertiary/aromatic N) is 1. The Balaban J connectivity index is 2.90. The highest BCUT2D eigenvalue weighted by Crippen LogP contribution is 2.29. The lowest BCUT2D eigenvalue weighted by atomic mass is 10.0. The van der Waals surface area contributed by atoms with Gasteiger partial charge >= 0.3 is 0 Å². The first-order chi connectivity index (χ1) is 7.11. The summed E-state index contributed by atoms with van der Waals surface area (Å²) in [6, 6.07) is 5.18. The van der Waals surface area contributed by atoms with Gasteiger partial charge in [-0.2, -0.15) is 0 Å². The fraction of sp³-hybridized carbons (Fsp3) is 0.0909. The second kappa shape index (κ2) is 3.24. The second-order valence-electron chi connectivity index (χ2n) is 3.35. The Bertz CT molecular complexity index is 550. The zero-order valence-electron chi connectivity index (χ0n) is 8.19. The number of phenols is 1. The molecule has 1 aromatic heterocycles. The molecule has 1 heterocycles. The van der Waals surface area contributed by atoms with E-state index in [1.165, 1.54) is 0 Å². The van der Waals surface area contributed by atoms with Crippen molar-refractivity contribution >= 4 is 16.8 Å². The maximum absolute atomic E-state index is 11.1. The smallest absolute Gasteiger partial charge is 0.252 e. The molecule has 1 aromatic carbocycles. The largest absolute Gasteiger partial charge is 0.505 e. The number of aryl methyl sites for hydroxylation is 1. The quantitative estimate of drug-likeness (QED) is 0.732. The summed E-state index contributed by atoms with van der Waals surface area (Å²) in [4.78, 5) is 15.1. The van der Waals surface area contributed by atoms with Crippen molar-refractivity contribution in [3.63, 3.8) is 0 Å². The number of rotatable bonds is 1. The van der Waals surface area contributed by atoms with E-state index < -0.39 is 5.91 Å². The lowest BCUT2D eigenvalue weighted by Crippen LogP contribution is -2.11. The third-order valence-corrected chi connectivity index (χ3v) is 2.34. The van der Waals surface area contributed by atoms with Crippen molar-refractivity contribution in [2.75, 3.05) is 0 Å². The Morgan fingerprint density at radius 1 is 1.53 bits per heavy atom. The summed E-state index contributed by atoms with van der Waals surface area (Å²) < 4.78 is 0. The molecule has 0 aliphatic carbocycles. The van der Waals surface area contributed by atoms with E-state index in [4.69, 9.17) is 5.73 Å². The Morgan fingerprint density at radius 2 is 2.27 bits per heavy atom. The number of hydrogen-bond donors (Lipinski definition) is 2. The van der Waals surface area contributed by atoms with Crippen LogP contribution in [0.5, 0.6) is 5.75 Å². The molecular weight excluding hydrogens is 192 g/mol. The molecule has 1 amide bonds. The second-order valence-corrected chi connectivity index (χ2v) is 3.35. The number of hydrogen-bond acceptors (Lipinski definition) is 3. The number of benzene rings is 1. The molecule has 3 N–H and O–H groups in total. The van der Waals surface area contributed by atoms with Gasteiger partial charge in [0.2, 0.25) is 0 Å². The van der Waals surface area contributed by atoms with Crippen molar-refractivity contribution in [1.29, 1.82) is 0 Å². The van der Waals surface area contributed by atoms with E-state index in [-0.39, 0.29) is 11.3 Å². The van der Waals surface area contributed by atoms with Crippen molar-refractivity contribution in [1.82, 2.24) is 4.98 Å². The van der Waals surface area contributed by atoms with Gasteiger partial charge in [0.15, 0.2) is 5.75 Å². The molecule has 76 valence electrons. The van der Waals surface area contributed by atoms with Crippen LogP contribution in [0, 0.1) is 6.92 Å². The fourth-order valence-corrected chi connectivity index (χ4v) is 1.59. The van der Waals surface area contributed by atoms with Crippen LogP contribution in [0.1, 0.15) is 15.9 Å². The van der Waals surface area contributed by atoms with E-state index in [0.717, 1.165) is 10.9 Å². The first-order valence-electron chi connectivity index (χ1n) is 4.48. The van der Waals surface area contributed by atoms with E-state index in [2.05, 4.69) is 4.98 Å². The number of pyridine rings is 1. The minimum atomic E-state index is -0.650. The van der Waals surface area contributed by atoms with Gasteiger partial charge in [0.25, 0.3) is 5.91 Å². The number of primary amides is 1. The molecule has 0 saturated carbocycles. The number of amides is 1. The van der Waals surface area contributed by atoms with E-state index in [9.17, 15) is 9.90 Å². The van der Waals surface area contributed by atoms with E-state index >= 15 is 0 Å². The van der Waals surface area contributed by atoms with Gasteiger partial charge in [0.1, 0.15) is 5.52 Å². The summed E-state index contributed by atoms with van der Waals surface area (Å²) in [7, 11) is 0. The average molecular weight is 202 g/mol. The van der Waals surface area contributed by atoms with Crippen LogP contribution in [0.25, 0.3) is 10.9 Å². The zero-order valence-corrected chi connectivity index (χ0v) is 8.19. The van der Waals surface area contributed by atoms with Crippen LogP contribution in [-0.2, 0) is 0 Å². The van der Waals surface area contributed by atoms with Gasteiger partial charge in [-0.3, -0.25) is 9.78 Å². The Morgan fingerprint density at radius 3 is 2.93 bits per heavy atom. The number of carbonyl (C=O) groups excluding carboxylic acids is 1. The minimum absolute atomic E-state index is 0.110. The van der Waals surface area contributed by atoms with Crippen molar-refractivity contribution in [2.45, 2.75) is 6.92 Å². The monoisotopic (exact) mass is 202 g/mol. The normalized spacial score (nSPS) is 10.5. The molecule has 0 aliphatic heterocycles. The Kier molecular flexibility index (Phi) is 2.04. The highest BCUT2D eigenvalue weighted by molar-refractivity contribution is 6.02. The number of carbonyl (C=O) groups is 1. The molecule has 4 nitrogen and oxygen atoms in total. The van der Waals surface area contributed by atoms with Gasteiger partial charge in [0.05, 0.1) is 5.56 Å². The first kappa shape index (κ1) is 9.45. The van der Waals surface area contributed by atoms with Gasteiger partial charge in [-0.25, -0.2) is 0 Å². The maximum Gasteiger partial charge on any atom is 0.252 e. The molecule has 0 radical (unpaired) electrons. The highest BCUT2D eigenvalue weighted by atomic mass is 16.3. The van der Waals surface area contributed by atoms with Gasteiger partial charge in [-0.1, -0.05) is 6.07 Å². The van der Waals surface area contributed by atoms with Gasteiger partial charge in [-0.05, 0) is 24.6 Å². The molecule has 2 rings (SSSR count). The van der Waals surface area contributed by atoms with E-state index in [1.54, 1.807) is 18.3 Å². The maximum atomic E-state index is 11.1. The number of fused-ring (bicyclic) bond motifs is 1. The van der Waals surface area contributed by atoms with E-state index in [0.29, 0.717) is 5.52 Å². The van der Waals surface area contributed by atoms with Crippen LogP contribution < -0.4 is 5.73 Å². The van der Waals surface area contributed by atoms with Crippen LogP contribution in [0.4, 0.5) is 0 Å². The number of aromatic hydroxyl groups is 1. The minimum Gasteiger partial charge on any atom is -0.505 e. The molecule has 0 saturated heterocycles. The van der Waals surface area contributed by atoms with Crippen molar-refractivity contribution in [2.24, 2.45) is 5.73 Å².